The van der Waals surface area contributed by atoms with Crippen molar-refractivity contribution in [2.24, 2.45) is 11.0 Å². The van der Waals surface area contributed by atoms with Gasteiger partial charge in [0, 0.05) is 23.5 Å². The van der Waals surface area contributed by atoms with Crippen LogP contribution in [0.1, 0.15) is 37.7 Å². The van der Waals surface area contributed by atoms with Crippen LogP contribution in [0, 0.1) is 19.8 Å². The standard InChI is InChI=1S/C14H23N3O2/c1-6-19-14(18)16-15-8-13-7-11(4)17(12(13)5)9-10(2)3/h7-8,10H,6,9H2,1-5H3,(H,16,18)/b15-8-. The van der Waals surface area contributed by atoms with Crippen LogP contribution in [0.3, 0.4) is 0 Å². The SMILES string of the molecule is CCOC(=O)N/N=C\c1cc(C)n(CC(C)C)c1C. The summed E-state index contributed by atoms with van der Waals surface area (Å²) < 4.78 is 6.98. The first-order chi connectivity index (χ1) is 8.95. The molecule has 1 rings (SSSR count). The lowest BCUT2D eigenvalue weighted by atomic mass is 10.2. The number of hydrogen-bond donors (Lipinski definition) is 1. The topological polar surface area (TPSA) is 55.6 Å². The van der Waals surface area contributed by atoms with Crippen LogP contribution < -0.4 is 5.43 Å². The Hall–Kier alpha value is -1.78. The summed E-state index contributed by atoms with van der Waals surface area (Å²) in [5.74, 6) is 0.590. The van der Waals surface area contributed by atoms with Gasteiger partial charge in [0.05, 0.1) is 12.8 Å². The van der Waals surface area contributed by atoms with E-state index in [-0.39, 0.29) is 0 Å². The molecular weight excluding hydrogens is 242 g/mol. The zero-order valence-electron chi connectivity index (χ0n) is 12.4. The Morgan fingerprint density at radius 1 is 1.53 bits per heavy atom. The van der Waals surface area contributed by atoms with Gasteiger partial charge in [-0.05, 0) is 32.8 Å². The molecule has 1 heterocycles. The summed E-state index contributed by atoms with van der Waals surface area (Å²) in [6, 6.07) is 2.06. The smallest absolute Gasteiger partial charge is 0.427 e. The van der Waals surface area contributed by atoms with Crippen LogP contribution in [0.2, 0.25) is 0 Å². The number of carbonyl (C=O) groups is 1. The minimum atomic E-state index is -0.533. The number of aryl methyl sites for hydroxylation is 1. The third kappa shape index (κ3) is 4.43. The molecule has 0 saturated carbocycles. The normalized spacial score (nSPS) is 11.3. The van der Waals surface area contributed by atoms with Crippen molar-refractivity contribution in [3.05, 3.63) is 23.0 Å². The van der Waals surface area contributed by atoms with Crippen molar-refractivity contribution in [1.82, 2.24) is 9.99 Å². The molecule has 0 bridgehead atoms. The fourth-order valence-electron chi connectivity index (χ4n) is 1.92. The van der Waals surface area contributed by atoms with E-state index in [0.29, 0.717) is 12.5 Å². The summed E-state index contributed by atoms with van der Waals surface area (Å²) in [4.78, 5) is 11.1. The number of rotatable bonds is 5. The molecule has 0 fully saturated rings. The van der Waals surface area contributed by atoms with E-state index in [1.165, 1.54) is 5.69 Å². The molecule has 0 aromatic carbocycles. The van der Waals surface area contributed by atoms with Crippen LogP contribution >= 0.6 is 0 Å². The van der Waals surface area contributed by atoms with E-state index in [1.54, 1.807) is 13.1 Å². The third-order valence-electron chi connectivity index (χ3n) is 2.80. The molecule has 0 aliphatic carbocycles. The van der Waals surface area contributed by atoms with Crippen LogP contribution in [0.4, 0.5) is 4.79 Å². The number of hydrogen-bond acceptors (Lipinski definition) is 3. The van der Waals surface area contributed by atoms with E-state index < -0.39 is 6.09 Å². The first kappa shape index (κ1) is 15.3. The maximum atomic E-state index is 11.1. The average molecular weight is 265 g/mol. The molecule has 106 valence electrons. The summed E-state index contributed by atoms with van der Waals surface area (Å²) in [6.07, 6.45) is 1.12. The van der Waals surface area contributed by atoms with Crippen molar-refractivity contribution in [3.63, 3.8) is 0 Å². The fourth-order valence-corrected chi connectivity index (χ4v) is 1.92. The minimum absolute atomic E-state index is 0.338. The lowest BCUT2D eigenvalue weighted by Crippen LogP contribution is -2.18. The van der Waals surface area contributed by atoms with Crippen LogP contribution in [-0.2, 0) is 11.3 Å². The van der Waals surface area contributed by atoms with Gasteiger partial charge in [0.15, 0.2) is 0 Å². The summed E-state index contributed by atoms with van der Waals surface area (Å²) in [7, 11) is 0. The number of hydrazone groups is 1. The predicted octanol–water partition coefficient (Wildman–Crippen LogP) is 2.84. The monoisotopic (exact) mass is 265 g/mol. The molecular formula is C14H23N3O2. The Bertz CT molecular complexity index is 462. The molecule has 1 amide bonds. The maximum absolute atomic E-state index is 11.1. The molecule has 1 aromatic rings. The zero-order chi connectivity index (χ0) is 14.4. The Kier molecular flexibility index (Phi) is 5.60. The van der Waals surface area contributed by atoms with Crippen molar-refractivity contribution >= 4 is 12.3 Å². The first-order valence-electron chi connectivity index (χ1n) is 6.58. The van der Waals surface area contributed by atoms with E-state index in [2.05, 4.69) is 48.9 Å². The van der Waals surface area contributed by atoms with E-state index >= 15 is 0 Å². The molecule has 0 spiro atoms. The molecule has 0 aliphatic rings. The van der Waals surface area contributed by atoms with Crippen LogP contribution in [0.15, 0.2) is 11.2 Å². The first-order valence-corrected chi connectivity index (χ1v) is 6.58. The van der Waals surface area contributed by atoms with Gasteiger partial charge < -0.3 is 9.30 Å². The highest BCUT2D eigenvalue weighted by molar-refractivity contribution is 5.82. The van der Waals surface area contributed by atoms with Crippen molar-refractivity contribution in [2.75, 3.05) is 6.61 Å². The van der Waals surface area contributed by atoms with Crippen LogP contribution in [-0.4, -0.2) is 23.5 Å². The number of aromatic nitrogens is 1. The van der Waals surface area contributed by atoms with E-state index in [1.807, 2.05) is 0 Å². The molecule has 0 saturated heterocycles. The zero-order valence-corrected chi connectivity index (χ0v) is 12.4. The van der Waals surface area contributed by atoms with E-state index in [9.17, 15) is 4.79 Å². The number of nitrogens with zero attached hydrogens (tertiary/aromatic N) is 2. The predicted molar refractivity (Wildman–Crippen MR) is 76.5 cm³/mol. The summed E-state index contributed by atoms with van der Waals surface area (Å²) >= 11 is 0. The molecule has 5 heteroatoms. The molecule has 0 unspecified atom stereocenters. The summed E-state index contributed by atoms with van der Waals surface area (Å²) in [5, 5.41) is 3.89. The quantitative estimate of drug-likeness (QED) is 0.657. The average Bonchev–Trinajstić information content (AvgIpc) is 2.57. The van der Waals surface area contributed by atoms with Gasteiger partial charge in [-0.15, -0.1) is 0 Å². The van der Waals surface area contributed by atoms with Crippen LogP contribution in [0.25, 0.3) is 0 Å². The molecule has 5 nitrogen and oxygen atoms in total. The van der Waals surface area contributed by atoms with Crippen molar-refractivity contribution < 1.29 is 9.53 Å². The molecule has 19 heavy (non-hydrogen) atoms. The van der Waals surface area contributed by atoms with Crippen molar-refractivity contribution in [1.29, 1.82) is 0 Å². The van der Waals surface area contributed by atoms with Crippen LogP contribution in [0.5, 0.6) is 0 Å². The summed E-state index contributed by atoms with van der Waals surface area (Å²) in [5.41, 5.74) is 5.69. The second-order valence-electron chi connectivity index (χ2n) is 4.92. The third-order valence-corrected chi connectivity index (χ3v) is 2.80. The van der Waals surface area contributed by atoms with Gasteiger partial charge in [-0.3, -0.25) is 0 Å². The molecule has 0 aliphatic heterocycles. The lowest BCUT2D eigenvalue weighted by Gasteiger charge is -2.11. The van der Waals surface area contributed by atoms with E-state index in [4.69, 9.17) is 4.74 Å². The minimum Gasteiger partial charge on any atom is -0.449 e. The van der Waals surface area contributed by atoms with Gasteiger partial charge in [0.2, 0.25) is 0 Å². The Morgan fingerprint density at radius 3 is 2.79 bits per heavy atom. The lowest BCUT2D eigenvalue weighted by molar-refractivity contribution is 0.152. The number of carbonyl (C=O) groups excluding carboxylic acids is 1. The number of nitrogens with one attached hydrogen (secondary N) is 1. The fraction of sp³-hybridized carbons (Fsp3) is 0.571. The van der Waals surface area contributed by atoms with Gasteiger partial charge >= 0.3 is 6.09 Å². The highest BCUT2D eigenvalue weighted by Crippen LogP contribution is 2.15. The van der Waals surface area contributed by atoms with Gasteiger partial charge in [-0.2, -0.15) is 5.10 Å². The van der Waals surface area contributed by atoms with Gasteiger partial charge in [0.1, 0.15) is 0 Å². The second kappa shape index (κ2) is 6.97. The van der Waals surface area contributed by atoms with Crippen molar-refractivity contribution in [3.8, 4) is 0 Å². The van der Waals surface area contributed by atoms with Crippen molar-refractivity contribution in [2.45, 2.75) is 41.2 Å². The van der Waals surface area contributed by atoms with Gasteiger partial charge in [0.25, 0.3) is 0 Å². The highest BCUT2D eigenvalue weighted by Gasteiger charge is 2.08. The number of amides is 1. The molecule has 0 atom stereocenters. The molecule has 0 radical (unpaired) electrons. The summed E-state index contributed by atoms with van der Waals surface area (Å²) in [6.45, 7) is 11.6. The van der Waals surface area contributed by atoms with Gasteiger partial charge in [-0.25, -0.2) is 10.2 Å². The highest BCUT2D eigenvalue weighted by atomic mass is 16.5. The van der Waals surface area contributed by atoms with E-state index in [0.717, 1.165) is 17.8 Å². The second-order valence-corrected chi connectivity index (χ2v) is 4.92. The maximum Gasteiger partial charge on any atom is 0.427 e. The largest absolute Gasteiger partial charge is 0.449 e. The Labute approximate surface area is 114 Å². The Balaban J connectivity index is 2.74. The number of ether oxygens (including phenoxy) is 1. The molecule has 1 aromatic heterocycles. The molecule has 1 N–H and O–H groups in total. The van der Waals surface area contributed by atoms with Gasteiger partial charge in [-0.1, -0.05) is 13.8 Å². The Morgan fingerprint density at radius 2 is 2.21 bits per heavy atom.